The van der Waals surface area contributed by atoms with Crippen LogP contribution in [-0.4, -0.2) is 73.7 Å². The Morgan fingerprint density at radius 2 is 1.72 bits per heavy atom. The first kappa shape index (κ1) is 21.2. The van der Waals surface area contributed by atoms with E-state index in [4.69, 9.17) is 4.74 Å². The van der Waals surface area contributed by atoms with E-state index in [1.165, 1.54) is 5.69 Å². The highest BCUT2D eigenvalue weighted by Gasteiger charge is 2.42. The van der Waals surface area contributed by atoms with Crippen LogP contribution in [0.4, 0.5) is 5.69 Å². The summed E-state index contributed by atoms with van der Waals surface area (Å²) in [6.07, 6.45) is 4.56. The second-order valence-corrected chi connectivity index (χ2v) is 9.56. The lowest BCUT2D eigenvalue weighted by molar-refractivity contribution is -0.151. The molecule has 0 amide bonds. The van der Waals surface area contributed by atoms with Crippen LogP contribution in [-0.2, 0) is 9.53 Å². The molecular weight excluding hydrogens is 400 g/mol. The van der Waals surface area contributed by atoms with Crippen molar-refractivity contribution in [2.24, 2.45) is 0 Å². The fourth-order valence-corrected chi connectivity index (χ4v) is 5.79. The molecule has 2 bridgehead atoms. The van der Waals surface area contributed by atoms with Crippen molar-refractivity contribution < 1.29 is 9.53 Å². The molecule has 3 heterocycles. The minimum absolute atomic E-state index is 0.0217. The van der Waals surface area contributed by atoms with Gasteiger partial charge in [0, 0.05) is 74.1 Å². The van der Waals surface area contributed by atoms with Crippen molar-refractivity contribution in [2.75, 3.05) is 44.7 Å². The molecule has 0 spiro atoms. The summed E-state index contributed by atoms with van der Waals surface area (Å²) < 4.78 is 5.95. The minimum Gasteiger partial charge on any atom is -0.462 e. The van der Waals surface area contributed by atoms with Crippen molar-refractivity contribution in [1.82, 2.24) is 9.80 Å². The molecule has 3 fully saturated rings. The third kappa shape index (κ3) is 4.20. The lowest BCUT2D eigenvalue weighted by atomic mass is 9.96. The highest BCUT2D eigenvalue weighted by molar-refractivity contribution is 5.98. The van der Waals surface area contributed by atoms with Crippen molar-refractivity contribution in [3.8, 4) is 6.07 Å². The van der Waals surface area contributed by atoms with Gasteiger partial charge in [0.15, 0.2) is 0 Å². The van der Waals surface area contributed by atoms with E-state index in [1.54, 1.807) is 0 Å². The fourth-order valence-electron chi connectivity index (χ4n) is 5.79. The van der Waals surface area contributed by atoms with Gasteiger partial charge in [-0.2, -0.15) is 5.26 Å². The van der Waals surface area contributed by atoms with Gasteiger partial charge in [-0.3, -0.25) is 4.79 Å². The number of piperidine rings is 1. The number of likely N-dealkylation sites (N-methyl/N-ethyl adjacent to an activating group) is 1. The first-order valence-electron chi connectivity index (χ1n) is 11.9. The maximum absolute atomic E-state index is 12.5. The topological polar surface area (TPSA) is 59.8 Å². The Bertz CT molecular complexity index is 1010. The molecule has 2 aromatic rings. The highest BCUT2D eigenvalue weighted by atomic mass is 16.5. The summed E-state index contributed by atoms with van der Waals surface area (Å²) in [4.78, 5) is 19.8. The maximum atomic E-state index is 12.5. The molecule has 3 aliphatic heterocycles. The quantitative estimate of drug-likeness (QED) is 0.675. The zero-order valence-electron chi connectivity index (χ0n) is 18.9. The minimum atomic E-state index is -0.0504. The molecule has 168 valence electrons. The van der Waals surface area contributed by atoms with Gasteiger partial charge >= 0.3 is 5.97 Å². The second kappa shape index (κ2) is 9.09. The number of carbonyl (C=O) groups excluding carboxylic acids is 1. The van der Waals surface area contributed by atoms with Crippen LogP contribution in [0, 0.1) is 11.3 Å². The normalized spacial score (nSPS) is 26.2. The lowest BCUT2D eigenvalue weighted by Gasteiger charge is -2.41. The second-order valence-electron chi connectivity index (χ2n) is 9.56. The molecular formula is C26H32N4O2. The Morgan fingerprint density at radius 1 is 1.03 bits per heavy atom. The Hall–Kier alpha value is -2.62. The number of ether oxygens (including phenoxy) is 1. The van der Waals surface area contributed by atoms with Gasteiger partial charge in [-0.05, 0) is 32.0 Å². The van der Waals surface area contributed by atoms with Crippen LogP contribution in [0.1, 0.15) is 37.7 Å². The number of piperazine rings is 1. The zero-order chi connectivity index (χ0) is 22.1. The summed E-state index contributed by atoms with van der Waals surface area (Å²) >= 11 is 0. The Labute approximate surface area is 190 Å². The number of nitrogens with zero attached hydrogens (tertiary/aromatic N) is 4. The molecule has 3 saturated heterocycles. The van der Waals surface area contributed by atoms with Crippen LogP contribution >= 0.6 is 0 Å². The summed E-state index contributed by atoms with van der Waals surface area (Å²) in [5.74, 6) is -0.0504. The third-order valence-corrected chi connectivity index (χ3v) is 7.52. The number of esters is 1. The molecule has 3 aliphatic rings. The van der Waals surface area contributed by atoms with E-state index in [0.29, 0.717) is 18.5 Å². The van der Waals surface area contributed by atoms with Crippen molar-refractivity contribution >= 4 is 22.4 Å². The molecule has 3 atom stereocenters. The average Bonchev–Trinajstić information content (AvgIpc) is 3.07. The molecule has 0 saturated carbocycles. The first-order valence-corrected chi connectivity index (χ1v) is 11.9. The van der Waals surface area contributed by atoms with Gasteiger partial charge in [-0.15, -0.1) is 0 Å². The summed E-state index contributed by atoms with van der Waals surface area (Å²) in [6, 6.07) is 15.4. The van der Waals surface area contributed by atoms with Crippen LogP contribution < -0.4 is 4.90 Å². The Balaban J connectivity index is 1.22. The molecule has 0 unspecified atom stereocenters. The number of hydrogen-bond acceptors (Lipinski definition) is 6. The fraction of sp³-hybridized carbons (Fsp3) is 0.538. The van der Waals surface area contributed by atoms with Gasteiger partial charge in [-0.25, -0.2) is 0 Å². The molecule has 32 heavy (non-hydrogen) atoms. The summed E-state index contributed by atoms with van der Waals surface area (Å²) in [5.41, 5.74) is 1.94. The molecule has 2 aromatic carbocycles. The molecule has 0 aromatic heterocycles. The van der Waals surface area contributed by atoms with E-state index in [1.807, 2.05) is 24.3 Å². The van der Waals surface area contributed by atoms with Crippen LogP contribution in [0.3, 0.4) is 0 Å². The standard InChI is InChI=1S/C26H32N4O2/c1-28-12-14-29(15-13-28)11-10-26(31)32-22-16-20-7-8-21(17-22)30(20)25-9-6-19(18-27)23-4-2-3-5-24(23)25/h2-6,9,20-22H,7-8,10-17H2,1H3/t20-,21+,22+. The van der Waals surface area contributed by atoms with Gasteiger partial charge in [0.1, 0.15) is 6.10 Å². The summed E-state index contributed by atoms with van der Waals surface area (Å²) in [6.45, 7) is 5.01. The third-order valence-electron chi connectivity index (χ3n) is 7.52. The van der Waals surface area contributed by atoms with Crippen molar-refractivity contribution in [3.05, 3.63) is 42.0 Å². The van der Waals surface area contributed by atoms with Crippen LogP contribution in [0.2, 0.25) is 0 Å². The predicted molar refractivity (Wildman–Crippen MR) is 126 cm³/mol. The van der Waals surface area contributed by atoms with E-state index in [9.17, 15) is 10.1 Å². The van der Waals surface area contributed by atoms with Crippen molar-refractivity contribution in [3.63, 3.8) is 0 Å². The number of rotatable bonds is 5. The number of benzene rings is 2. The Morgan fingerprint density at radius 3 is 2.41 bits per heavy atom. The lowest BCUT2D eigenvalue weighted by Crippen LogP contribution is -2.47. The van der Waals surface area contributed by atoms with E-state index in [0.717, 1.165) is 74.7 Å². The molecule has 5 rings (SSSR count). The predicted octanol–water partition coefficient (Wildman–Crippen LogP) is 3.39. The number of fused-ring (bicyclic) bond motifs is 3. The Kier molecular flexibility index (Phi) is 6.03. The van der Waals surface area contributed by atoms with Crippen LogP contribution in [0.15, 0.2) is 36.4 Å². The van der Waals surface area contributed by atoms with E-state index in [2.05, 4.69) is 39.9 Å². The highest BCUT2D eigenvalue weighted by Crippen LogP contribution is 2.43. The number of anilines is 1. The first-order chi connectivity index (χ1) is 15.6. The number of nitriles is 1. The molecule has 6 nitrogen and oxygen atoms in total. The maximum Gasteiger partial charge on any atom is 0.307 e. The van der Waals surface area contributed by atoms with Crippen LogP contribution in [0.5, 0.6) is 0 Å². The molecule has 0 radical (unpaired) electrons. The van der Waals surface area contributed by atoms with E-state index < -0.39 is 0 Å². The molecule has 0 N–H and O–H groups in total. The van der Waals surface area contributed by atoms with Crippen molar-refractivity contribution in [1.29, 1.82) is 5.26 Å². The monoisotopic (exact) mass is 432 g/mol. The van der Waals surface area contributed by atoms with Gasteiger partial charge < -0.3 is 19.4 Å². The van der Waals surface area contributed by atoms with E-state index >= 15 is 0 Å². The van der Waals surface area contributed by atoms with Gasteiger partial charge in [-0.1, -0.05) is 24.3 Å². The molecule has 0 aliphatic carbocycles. The summed E-state index contributed by atoms with van der Waals surface area (Å²) in [5, 5.41) is 11.7. The van der Waals surface area contributed by atoms with Crippen LogP contribution in [0.25, 0.3) is 10.8 Å². The summed E-state index contributed by atoms with van der Waals surface area (Å²) in [7, 11) is 2.15. The smallest absolute Gasteiger partial charge is 0.307 e. The van der Waals surface area contributed by atoms with E-state index in [-0.39, 0.29) is 12.1 Å². The molecule has 6 heteroatoms. The average molecular weight is 433 g/mol. The zero-order valence-corrected chi connectivity index (χ0v) is 18.9. The SMILES string of the molecule is CN1CCN(CCC(=O)O[C@H]2C[C@H]3CC[C@@H](C2)N3c2ccc(C#N)c3ccccc23)CC1. The van der Waals surface area contributed by atoms with Gasteiger partial charge in [0.25, 0.3) is 0 Å². The van der Waals surface area contributed by atoms with Gasteiger partial charge in [0.05, 0.1) is 18.1 Å². The van der Waals surface area contributed by atoms with Crippen molar-refractivity contribution in [2.45, 2.75) is 50.3 Å². The number of hydrogen-bond donors (Lipinski definition) is 0. The van der Waals surface area contributed by atoms with Gasteiger partial charge in [0.2, 0.25) is 0 Å². The number of carbonyl (C=O) groups is 1. The largest absolute Gasteiger partial charge is 0.462 e.